The van der Waals surface area contributed by atoms with Crippen molar-refractivity contribution in [3.8, 4) is 0 Å². The molecule has 0 radical (unpaired) electrons. The number of hydrogen-bond acceptors (Lipinski definition) is 3. The topological polar surface area (TPSA) is 64.0 Å². The van der Waals surface area contributed by atoms with Gasteiger partial charge in [0.2, 0.25) is 10.0 Å². The van der Waals surface area contributed by atoms with E-state index in [0.717, 1.165) is 30.9 Å². The molecule has 0 atom stereocenters. The third-order valence-corrected chi connectivity index (χ3v) is 3.75. The van der Waals surface area contributed by atoms with E-state index in [0.29, 0.717) is 0 Å². The van der Waals surface area contributed by atoms with Crippen LogP contribution in [0.4, 0.5) is 0 Å². The van der Waals surface area contributed by atoms with Gasteiger partial charge in [0.15, 0.2) is 0 Å². The molecule has 0 unspecified atom stereocenters. The highest BCUT2D eigenvalue weighted by atomic mass is 32.2. The zero-order chi connectivity index (χ0) is 10.2. The first-order chi connectivity index (χ1) is 6.62. The lowest BCUT2D eigenvalue weighted by Crippen LogP contribution is -2.21. The lowest BCUT2D eigenvalue weighted by molar-refractivity contribution is 0.584. The van der Waals surface area contributed by atoms with Gasteiger partial charge < -0.3 is 4.57 Å². The number of hydrogen-bond donors (Lipinski definition) is 1. The first-order valence-corrected chi connectivity index (χ1v) is 6.22. The molecule has 0 amide bonds. The van der Waals surface area contributed by atoms with Crippen molar-refractivity contribution in [2.75, 3.05) is 7.05 Å². The lowest BCUT2D eigenvalue weighted by Gasteiger charge is -2.04. The van der Waals surface area contributed by atoms with Crippen LogP contribution in [0.2, 0.25) is 0 Å². The van der Waals surface area contributed by atoms with E-state index in [-0.39, 0.29) is 5.75 Å². The van der Waals surface area contributed by atoms with Crippen LogP contribution in [-0.4, -0.2) is 25.0 Å². The molecule has 5 nitrogen and oxygen atoms in total. The SMILES string of the molecule is CNS(=O)(=O)Cc1cnc2n1CCC2. The fourth-order valence-corrected chi connectivity index (χ4v) is 2.47. The summed E-state index contributed by atoms with van der Waals surface area (Å²) in [4.78, 5) is 4.19. The van der Waals surface area contributed by atoms with E-state index in [1.165, 1.54) is 7.05 Å². The summed E-state index contributed by atoms with van der Waals surface area (Å²) in [6, 6.07) is 0. The van der Waals surface area contributed by atoms with Crippen LogP contribution in [-0.2, 0) is 28.7 Å². The molecule has 0 aromatic carbocycles. The Bertz CT molecular complexity index is 435. The normalized spacial score (nSPS) is 15.8. The van der Waals surface area contributed by atoms with Gasteiger partial charge in [-0.2, -0.15) is 0 Å². The average Bonchev–Trinajstić information content (AvgIpc) is 2.70. The van der Waals surface area contributed by atoms with Crippen LogP contribution in [0.3, 0.4) is 0 Å². The molecule has 1 aromatic rings. The monoisotopic (exact) mass is 215 g/mol. The van der Waals surface area contributed by atoms with Gasteiger partial charge in [-0.25, -0.2) is 18.1 Å². The number of nitrogens with one attached hydrogen (secondary N) is 1. The summed E-state index contributed by atoms with van der Waals surface area (Å²) >= 11 is 0. The number of sulfonamides is 1. The highest BCUT2D eigenvalue weighted by Gasteiger charge is 2.19. The van der Waals surface area contributed by atoms with Gasteiger partial charge in [0.05, 0.1) is 5.69 Å². The van der Waals surface area contributed by atoms with Crippen LogP contribution in [0.5, 0.6) is 0 Å². The summed E-state index contributed by atoms with van der Waals surface area (Å²) in [5, 5.41) is 0. The number of nitrogens with zero attached hydrogens (tertiary/aromatic N) is 2. The number of imidazole rings is 1. The predicted molar refractivity (Wildman–Crippen MR) is 52.2 cm³/mol. The fourth-order valence-electron chi connectivity index (χ4n) is 1.70. The molecule has 0 fully saturated rings. The second-order valence-corrected chi connectivity index (χ2v) is 5.31. The Morgan fingerprint density at radius 1 is 1.64 bits per heavy atom. The predicted octanol–water partition coefficient (Wildman–Crippen LogP) is -0.122. The van der Waals surface area contributed by atoms with Gasteiger partial charge in [-0.05, 0) is 13.5 Å². The molecular formula is C8H13N3O2S. The van der Waals surface area contributed by atoms with Gasteiger partial charge in [-0.1, -0.05) is 0 Å². The van der Waals surface area contributed by atoms with Gasteiger partial charge in [0.25, 0.3) is 0 Å². The zero-order valence-electron chi connectivity index (χ0n) is 8.02. The van der Waals surface area contributed by atoms with E-state index in [1.54, 1.807) is 6.20 Å². The lowest BCUT2D eigenvalue weighted by atomic mass is 10.4. The smallest absolute Gasteiger partial charge is 0.217 e. The molecule has 0 saturated carbocycles. The van der Waals surface area contributed by atoms with E-state index in [1.807, 2.05) is 4.57 Å². The van der Waals surface area contributed by atoms with E-state index >= 15 is 0 Å². The van der Waals surface area contributed by atoms with Crippen LogP contribution in [0.15, 0.2) is 6.20 Å². The zero-order valence-corrected chi connectivity index (χ0v) is 8.84. The summed E-state index contributed by atoms with van der Waals surface area (Å²) in [6.45, 7) is 0.893. The van der Waals surface area contributed by atoms with Crippen LogP contribution < -0.4 is 4.72 Å². The van der Waals surface area contributed by atoms with Gasteiger partial charge in [0, 0.05) is 19.2 Å². The summed E-state index contributed by atoms with van der Waals surface area (Å²) in [5.74, 6) is 1.03. The molecule has 2 rings (SSSR count). The van der Waals surface area contributed by atoms with Crippen molar-refractivity contribution in [2.45, 2.75) is 25.1 Å². The molecule has 0 saturated heterocycles. The highest BCUT2D eigenvalue weighted by molar-refractivity contribution is 7.88. The van der Waals surface area contributed by atoms with Gasteiger partial charge in [-0.15, -0.1) is 0 Å². The quantitative estimate of drug-likeness (QED) is 0.764. The number of aromatic nitrogens is 2. The fraction of sp³-hybridized carbons (Fsp3) is 0.625. The molecule has 0 aliphatic carbocycles. The summed E-state index contributed by atoms with van der Waals surface area (Å²) in [6.07, 6.45) is 3.68. The Labute approximate surface area is 83.2 Å². The summed E-state index contributed by atoms with van der Waals surface area (Å²) < 4.78 is 26.9. The number of aryl methyl sites for hydroxylation is 1. The minimum Gasteiger partial charge on any atom is -0.331 e. The van der Waals surface area contributed by atoms with Crippen molar-refractivity contribution in [3.05, 3.63) is 17.7 Å². The molecule has 2 heterocycles. The maximum Gasteiger partial charge on any atom is 0.217 e. The van der Waals surface area contributed by atoms with E-state index < -0.39 is 10.0 Å². The van der Waals surface area contributed by atoms with E-state index in [4.69, 9.17) is 0 Å². The summed E-state index contributed by atoms with van der Waals surface area (Å²) in [7, 11) is -1.75. The molecule has 1 aliphatic heterocycles. The molecule has 0 spiro atoms. The van der Waals surface area contributed by atoms with Gasteiger partial charge >= 0.3 is 0 Å². The van der Waals surface area contributed by atoms with E-state index in [9.17, 15) is 8.42 Å². The van der Waals surface area contributed by atoms with Crippen molar-refractivity contribution < 1.29 is 8.42 Å². The Kier molecular flexibility index (Phi) is 2.32. The largest absolute Gasteiger partial charge is 0.331 e. The van der Waals surface area contributed by atoms with Crippen molar-refractivity contribution in [2.24, 2.45) is 0 Å². The maximum atomic E-state index is 11.3. The van der Waals surface area contributed by atoms with Crippen molar-refractivity contribution in [1.82, 2.24) is 14.3 Å². The molecule has 1 N–H and O–H groups in total. The van der Waals surface area contributed by atoms with Crippen LogP contribution in [0.1, 0.15) is 17.9 Å². The highest BCUT2D eigenvalue weighted by Crippen LogP contribution is 2.17. The van der Waals surface area contributed by atoms with E-state index in [2.05, 4.69) is 9.71 Å². The first-order valence-electron chi connectivity index (χ1n) is 4.57. The van der Waals surface area contributed by atoms with Gasteiger partial charge in [0.1, 0.15) is 11.6 Å². The molecular weight excluding hydrogens is 202 g/mol. The number of rotatable bonds is 3. The molecule has 1 aromatic heterocycles. The molecule has 1 aliphatic rings. The average molecular weight is 215 g/mol. The Morgan fingerprint density at radius 2 is 2.43 bits per heavy atom. The van der Waals surface area contributed by atoms with Gasteiger partial charge in [-0.3, -0.25) is 0 Å². The van der Waals surface area contributed by atoms with Crippen LogP contribution >= 0.6 is 0 Å². The Hall–Kier alpha value is -0.880. The van der Waals surface area contributed by atoms with Crippen molar-refractivity contribution >= 4 is 10.0 Å². The minimum absolute atomic E-state index is 0.0243. The molecule has 0 bridgehead atoms. The second kappa shape index (κ2) is 3.36. The third-order valence-electron chi connectivity index (χ3n) is 2.45. The van der Waals surface area contributed by atoms with Crippen molar-refractivity contribution in [3.63, 3.8) is 0 Å². The molecule has 14 heavy (non-hydrogen) atoms. The van der Waals surface area contributed by atoms with Crippen molar-refractivity contribution in [1.29, 1.82) is 0 Å². The molecule has 78 valence electrons. The Balaban J connectivity index is 2.26. The molecule has 6 heteroatoms. The van der Waals surface area contributed by atoms with Crippen LogP contribution in [0.25, 0.3) is 0 Å². The summed E-state index contributed by atoms with van der Waals surface area (Å²) in [5.41, 5.74) is 0.784. The third kappa shape index (κ3) is 1.67. The first kappa shape index (κ1) is 9.67. The Morgan fingerprint density at radius 3 is 3.14 bits per heavy atom. The van der Waals surface area contributed by atoms with Crippen LogP contribution in [0, 0.1) is 0 Å². The minimum atomic E-state index is -3.17. The standard InChI is InChI=1S/C8H13N3O2S/c1-9-14(12,13)6-7-5-10-8-3-2-4-11(7)8/h5,9H,2-4,6H2,1H3. The maximum absolute atomic E-state index is 11.3. The second-order valence-electron chi connectivity index (χ2n) is 3.38. The number of fused-ring (bicyclic) bond motifs is 1.